The summed E-state index contributed by atoms with van der Waals surface area (Å²) in [6.45, 7) is -1.12. The van der Waals surface area contributed by atoms with E-state index in [0.717, 1.165) is 16.7 Å². The lowest BCUT2D eigenvalue weighted by atomic mass is 10.00. The molecular weight excluding hydrogens is 817 g/mol. The molecule has 0 saturated heterocycles. The highest BCUT2D eigenvalue weighted by Crippen LogP contribution is 2.27. The molecular formula is C48H38O15. The molecule has 6 aromatic carbocycles. The van der Waals surface area contributed by atoms with Crippen molar-refractivity contribution >= 4 is 36.4 Å². The van der Waals surface area contributed by atoms with E-state index in [1.165, 1.54) is 18.2 Å². The Morgan fingerprint density at radius 3 is 0.952 bits per heavy atom. The van der Waals surface area contributed by atoms with Crippen molar-refractivity contribution in [1.29, 1.82) is 0 Å². The van der Waals surface area contributed by atoms with E-state index in [2.05, 4.69) is 14.7 Å². The maximum atomic E-state index is 12.9. The molecule has 0 N–H and O–H groups in total. The summed E-state index contributed by atoms with van der Waals surface area (Å²) in [5.41, 5.74) is 4.23. The Kier molecular flexibility index (Phi) is 15.9. The van der Waals surface area contributed by atoms with Gasteiger partial charge in [-0.05, 0) is 70.3 Å². The lowest BCUT2D eigenvalue weighted by Crippen LogP contribution is -2.22. The fourth-order valence-electron chi connectivity index (χ4n) is 6.13. The van der Waals surface area contributed by atoms with Gasteiger partial charge in [-0.3, -0.25) is 0 Å². The van der Waals surface area contributed by atoms with Crippen LogP contribution >= 0.6 is 0 Å². The number of hydrogen-bond donors (Lipinski definition) is 0. The zero-order valence-electron chi connectivity index (χ0n) is 33.3. The van der Waals surface area contributed by atoms with E-state index < -0.39 is 48.9 Å². The summed E-state index contributed by atoms with van der Waals surface area (Å²) < 4.78 is 15.3. The molecule has 0 unspecified atom stereocenters. The molecule has 0 radical (unpaired) electrons. The molecule has 15 heteroatoms. The summed E-state index contributed by atoms with van der Waals surface area (Å²) in [5.74, 6) is -3.56. The average molecular weight is 855 g/mol. The van der Waals surface area contributed by atoms with Gasteiger partial charge in [0.1, 0.15) is 0 Å². The predicted octanol–water partition coefficient (Wildman–Crippen LogP) is 10.2. The van der Waals surface area contributed by atoms with Crippen LogP contribution in [0.1, 0.15) is 43.9 Å². The molecule has 0 aliphatic rings. The van der Waals surface area contributed by atoms with Crippen molar-refractivity contribution in [3.8, 4) is 33.4 Å². The second-order valence-corrected chi connectivity index (χ2v) is 13.3. The minimum atomic E-state index is -1.38. The predicted molar refractivity (Wildman–Crippen MR) is 222 cm³/mol. The van der Waals surface area contributed by atoms with Crippen LogP contribution in [-0.2, 0) is 43.5 Å². The highest BCUT2D eigenvalue weighted by molar-refractivity contribution is 5.98. The molecule has 6 rings (SSSR count). The molecule has 0 amide bonds. The van der Waals surface area contributed by atoms with Crippen molar-refractivity contribution in [2.75, 3.05) is 19.8 Å². The van der Waals surface area contributed by atoms with Gasteiger partial charge in [0.2, 0.25) is 0 Å². The van der Waals surface area contributed by atoms with E-state index in [4.69, 9.17) is 28.9 Å². The smallest absolute Gasteiger partial charge is 0.432 e. The SMILES string of the molecule is O=C(OCCC(CCOC(=O)OOC(=O)c1ccccc1-c1ccccc1)COC(=O)OOC(=O)c1ccccc1-c1ccccc1)OOC(=O)c1ccccc1-c1ccccc1. The number of carbonyl (C=O) groups excluding carboxylic acids is 6. The van der Waals surface area contributed by atoms with Gasteiger partial charge in [0, 0.05) is 0 Å². The molecule has 0 saturated carbocycles. The highest BCUT2D eigenvalue weighted by atomic mass is 17.2. The van der Waals surface area contributed by atoms with Gasteiger partial charge in [-0.2, -0.15) is 14.4 Å². The number of rotatable bonds is 14. The summed E-state index contributed by atoms with van der Waals surface area (Å²) in [5, 5.41) is 0. The van der Waals surface area contributed by atoms with Crippen molar-refractivity contribution in [2.24, 2.45) is 5.92 Å². The molecule has 15 nitrogen and oxygen atoms in total. The third-order valence-electron chi connectivity index (χ3n) is 9.18. The number of benzene rings is 6. The van der Waals surface area contributed by atoms with Crippen LogP contribution in [0.15, 0.2) is 164 Å². The summed E-state index contributed by atoms with van der Waals surface area (Å²) in [6.07, 6.45) is -4.13. The zero-order chi connectivity index (χ0) is 44.2. The Morgan fingerprint density at radius 1 is 0.333 bits per heavy atom. The van der Waals surface area contributed by atoms with E-state index >= 15 is 0 Å². The second-order valence-electron chi connectivity index (χ2n) is 13.3. The number of carbonyl (C=O) groups is 6. The maximum Gasteiger partial charge on any atom is 0.549 e. The molecule has 63 heavy (non-hydrogen) atoms. The number of ether oxygens (including phenoxy) is 3. The lowest BCUT2D eigenvalue weighted by Gasteiger charge is -2.16. The van der Waals surface area contributed by atoms with E-state index in [9.17, 15) is 28.8 Å². The van der Waals surface area contributed by atoms with Gasteiger partial charge in [-0.25, -0.2) is 43.7 Å². The second kappa shape index (κ2) is 22.8. The molecule has 0 atom stereocenters. The van der Waals surface area contributed by atoms with E-state index in [1.807, 2.05) is 18.2 Å². The molecule has 0 spiro atoms. The van der Waals surface area contributed by atoms with Crippen molar-refractivity contribution in [3.63, 3.8) is 0 Å². The Balaban J connectivity index is 0.998. The van der Waals surface area contributed by atoms with Crippen molar-refractivity contribution in [1.82, 2.24) is 0 Å². The Morgan fingerprint density at radius 2 is 0.619 bits per heavy atom. The van der Waals surface area contributed by atoms with Gasteiger partial charge in [-0.1, -0.05) is 146 Å². The topological polar surface area (TPSA) is 185 Å². The first-order chi connectivity index (χ1) is 30.8. The van der Waals surface area contributed by atoms with Gasteiger partial charge >= 0.3 is 36.4 Å². The third-order valence-corrected chi connectivity index (χ3v) is 9.18. The van der Waals surface area contributed by atoms with Crippen molar-refractivity contribution < 1.29 is 72.3 Å². The Bertz CT molecular complexity index is 2370. The van der Waals surface area contributed by atoms with Crippen LogP contribution in [-0.4, -0.2) is 56.2 Å². The van der Waals surface area contributed by atoms with Crippen LogP contribution in [0.2, 0.25) is 0 Å². The Labute approximate surface area is 360 Å². The van der Waals surface area contributed by atoms with Gasteiger partial charge in [-0.15, -0.1) is 0 Å². The molecule has 0 aliphatic heterocycles. The van der Waals surface area contributed by atoms with Crippen LogP contribution in [0.3, 0.4) is 0 Å². The summed E-state index contributed by atoms with van der Waals surface area (Å²) in [7, 11) is 0. The average Bonchev–Trinajstić information content (AvgIpc) is 3.34. The van der Waals surface area contributed by atoms with Crippen LogP contribution in [0.25, 0.3) is 33.4 Å². The monoisotopic (exact) mass is 854 g/mol. The van der Waals surface area contributed by atoms with Gasteiger partial charge in [0.05, 0.1) is 36.5 Å². The Hall–Kier alpha value is -8.46. The van der Waals surface area contributed by atoms with E-state index in [0.29, 0.717) is 16.7 Å². The van der Waals surface area contributed by atoms with Crippen LogP contribution in [0.5, 0.6) is 0 Å². The molecule has 320 valence electrons. The summed E-state index contributed by atoms with van der Waals surface area (Å²) >= 11 is 0. The quantitative estimate of drug-likeness (QED) is 0.0436. The molecule has 0 aliphatic carbocycles. The fourth-order valence-corrected chi connectivity index (χ4v) is 6.13. The third kappa shape index (κ3) is 13.0. The first kappa shape index (κ1) is 44.1. The zero-order valence-corrected chi connectivity index (χ0v) is 33.3. The van der Waals surface area contributed by atoms with Crippen LogP contribution in [0.4, 0.5) is 14.4 Å². The first-order valence-corrected chi connectivity index (χ1v) is 19.4. The van der Waals surface area contributed by atoms with Gasteiger partial charge in [0.25, 0.3) is 0 Å². The first-order valence-electron chi connectivity index (χ1n) is 19.4. The standard InChI is InChI=1S/C48H38O15/c49-43(40-25-13-10-22-37(40)34-16-4-1-5-17-34)58-61-46(52)55-30-28-33(32-57-48(54)63-60-45(51)42-27-15-12-24-39(42)36-20-8-3-9-21-36)29-31-56-47(53)62-59-44(50)41-26-14-11-23-38(41)35-18-6-2-7-19-35/h1-27,33H,28-32H2. The molecule has 0 heterocycles. The van der Waals surface area contributed by atoms with Gasteiger partial charge < -0.3 is 14.2 Å². The minimum absolute atomic E-state index is 0.0267. The van der Waals surface area contributed by atoms with Crippen LogP contribution < -0.4 is 0 Å². The van der Waals surface area contributed by atoms with E-state index in [-0.39, 0.29) is 42.7 Å². The molecule has 0 fully saturated rings. The molecule has 0 bridgehead atoms. The molecule has 6 aromatic rings. The van der Waals surface area contributed by atoms with E-state index in [1.54, 1.807) is 127 Å². The minimum Gasteiger partial charge on any atom is -0.432 e. The van der Waals surface area contributed by atoms with Gasteiger partial charge in [0.15, 0.2) is 0 Å². The lowest BCUT2D eigenvalue weighted by molar-refractivity contribution is -0.206. The number of hydrogen-bond acceptors (Lipinski definition) is 15. The van der Waals surface area contributed by atoms with Crippen molar-refractivity contribution in [3.05, 3.63) is 180 Å². The maximum absolute atomic E-state index is 12.9. The van der Waals surface area contributed by atoms with Crippen LogP contribution in [0, 0.1) is 5.92 Å². The fraction of sp³-hybridized carbons (Fsp3) is 0.125. The molecule has 0 aromatic heterocycles. The normalized spacial score (nSPS) is 10.4. The highest BCUT2D eigenvalue weighted by Gasteiger charge is 2.23. The summed E-state index contributed by atoms with van der Waals surface area (Å²) in [4.78, 5) is 104. The summed E-state index contributed by atoms with van der Waals surface area (Å²) in [6, 6.07) is 46.8. The largest absolute Gasteiger partial charge is 0.549 e. The van der Waals surface area contributed by atoms with Crippen molar-refractivity contribution in [2.45, 2.75) is 12.8 Å².